The second-order valence-electron chi connectivity index (χ2n) is 9.86. The molecule has 208 valence electrons. The molecule has 3 atom stereocenters. The standard InChI is InChI=1S/C31H37NO7/c1-8-17(2)39-31(34)28-18(3)32-23-13-20(19-9-11-26(37-6)27(15-19)38-7)14-24(33)30(23)29(28)22-16-21(35-4)10-12-25(22)36-5/h9-12,15-17,20,29,32H,8,13-14H2,1-7H3/t17-,20+,29-/m0/s1. The highest BCUT2D eigenvalue weighted by molar-refractivity contribution is 6.04. The van der Waals surface area contributed by atoms with Crippen LogP contribution < -0.4 is 24.3 Å². The van der Waals surface area contributed by atoms with Crippen molar-refractivity contribution in [1.82, 2.24) is 5.32 Å². The minimum Gasteiger partial charge on any atom is -0.497 e. The van der Waals surface area contributed by atoms with E-state index in [1.54, 1.807) is 40.6 Å². The van der Waals surface area contributed by atoms with Crippen molar-refractivity contribution < 1.29 is 33.3 Å². The number of hydrogen-bond donors (Lipinski definition) is 1. The smallest absolute Gasteiger partial charge is 0.337 e. The normalized spacial score (nSPS) is 19.6. The fourth-order valence-electron chi connectivity index (χ4n) is 5.36. The summed E-state index contributed by atoms with van der Waals surface area (Å²) in [7, 11) is 6.34. The first kappa shape index (κ1) is 28.1. The van der Waals surface area contributed by atoms with Crippen molar-refractivity contribution in [1.29, 1.82) is 0 Å². The molecule has 2 aromatic rings. The summed E-state index contributed by atoms with van der Waals surface area (Å²) in [6, 6.07) is 11.2. The topological polar surface area (TPSA) is 92.3 Å². The zero-order valence-corrected chi connectivity index (χ0v) is 23.7. The molecular formula is C31H37NO7. The minimum absolute atomic E-state index is 0.0419. The molecule has 0 amide bonds. The molecule has 1 heterocycles. The van der Waals surface area contributed by atoms with E-state index in [0.717, 1.165) is 11.3 Å². The third-order valence-corrected chi connectivity index (χ3v) is 7.56. The Morgan fingerprint density at radius 1 is 0.949 bits per heavy atom. The van der Waals surface area contributed by atoms with Gasteiger partial charge in [-0.1, -0.05) is 13.0 Å². The number of methoxy groups -OCH3 is 4. The first-order valence-electron chi connectivity index (χ1n) is 13.1. The van der Waals surface area contributed by atoms with E-state index in [0.29, 0.717) is 58.2 Å². The summed E-state index contributed by atoms with van der Waals surface area (Å²) in [6.45, 7) is 5.66. The molecule has 39 heavy (non-hydrogen) atoms. The Morgan fingerprint density at radius 2 is 1.64 bits per heavy atom. The maximum Gasteiger partial charge on any atom is 0.337 e. The molecule has 1 N–H and O–H groups in total. The van der Waals surface area contributed by atoms with Crippen LogP contribution in [0, 0.1) is 0 Å². The molecule has 1 aliphatic heterocycles. The lowest BCUT2D eigenvalue weighted by Crippen LogP contribution is -2.36. The molecule has 4 rings (SSSR count). The van der Waals surface area contributed by atoms with Gasteiger partial charge in [0.25, 0.3) is 0 Å². The SMILES string of the molecule is CC[C@H](C)OC(=O)C1=C(C)NC2=C(C(=O)C[C@H](c3ccc(OC)c(OC)c3)C2)[C@H]1c1cc(OC)ccc1OC. The average Bonchev–Trinajstić information content (AvgIpc) is 2.95. The molecule has 2 aromatic carbocycles. The number of Topliss-reactive ketones (excluding diaryl/α,β-unsaturated/α-hetero) is 1. The third-order valence-electron chi connectivity index (χ3n) is 7.56. The van der Waals surface area contributed by atoms with Crippen LogP contribution in [0.25, 0.3) is 0 Å². The second kappa shape index (κ2) is 11.8. The van der Waals surface area contributed by atoms with Crippen molar-refractivity contribution in [3.8, 4) is 23.0 Å². The Kier molecular flexibility index (Phi) is 8.53. The lowest BCUT2D eigenvalue weighted by molar-refractivity contribution is -0.144. The van der Waals surface area contributed by atoms with Crippen LogP contribution in [0.1, 0.15) is 63.0 Å². The number of benzene rings is 2. The number of esters is 1. The maximum atomic E-state index is 14.0. The van der Waals surface area contributed by atoms with Crippen molar-refractivity contribution in [3.63, 3.8) is 0 Å². The Labute approximate surface area is 229 Å². The monoisotopic (exact) mass is 535 g/mol. The quantitative estimate of drug-likeness (QED) is 0.426. The van der Waals surface area contributed by atoms with Crippen LogP contribution in [0.4, 0.5) is 0 Å². The lowest BCUT2D eigenvalue weighted by Gasteiger charge is -2.37. The van der Waals surface area contributed by atoms with Gasteiger partial charge in [0.1, 0.15) is 11.5 Å². The molecule has 0 aromatic heterocycles. The van der Waals surface area contributed by atoms with Gasteiger partial charge in [-0.25, -0.2) is 4.79 Å². The van der Waals surface area contributed by atoms with Gasteiger partial charge in [0, 0.05) is 29.0 Å². The van der Waals surface area contributed by atoms with Gasteiger partial charge < -0.3 is 29.0 Å². The Balaban J connectivity index is 1.83. The predicted octanol–water partition coefficient (Wildman–Crippen LogP) is 5.42. The van der Waals surface area contributed by atoms with Gasteiger partial charge in [-0.3, -0.25) is 4.79 Å². The van der Waals surface area contributed by atoms with Crippen LogP contribution in [-0.2, 0) is 14.3 Å². The van der Waals surface area contributed by atoms with Crippen LogP contribution >= 0.6 is 0 Å². The van der Waals surface area contributed by atoms with Crippen LogP contribution in [0.5, 0.6) is 23.0 Å². The van der Waals surface area contributed by atoms with Crippen LogP contribution in [0.2, 0.25) is 0 Å². The molecule has 0 spiro atoms. The molecule has 0 radical (unpaired) electrons. The van der Waals surface area contributed by atoms with Gasteiger partial charge in [0.05, 0.1) is 46.0 Å². The molecule has 1 aliphatic carbocycles. The van der Waals surface area contributed by atoms with Crippen molar-refractivity contribution in [2.75, 3.05) is 28.4 Å². The number of hydrogen-bond acceptors (Lipinski definition) is 8. The number of allylic oxidation sites excluding steroid dienone is 3. The molecule has 0 fully saturated rings. The third kappa shape index (κ3) is 5.46. The van der Waals surface area contributed by atoms with Crippen LogP contribution in [0.15, 0.2) is 58.9 Å². The second-order valence-corrected chi connectivity index (χ2v) is 9.86. The van der Waals surface area contributed by atoms with Gasteiger partial charge in [-0.15, -0.1) is 0 Å². The summed E-state index contributed by atoms with van der Waals surface area (Å²) in [6.07, 6.45) is 1.28. The summed E-state index contributed by atoms with van der Waals surface area (Å²) in [5.41, 5.74) is 4.06. The summed E-state index contributed by atoms with van der Waals surface area (Å²) >= 11 is 0. The molecule has 0 bridgehead atoms. The van der Waals surface area contributed by atoms with Crippen molar-refractivity contribution in [2.24, 2.45) is 0 Å². The van der Waals surface area contributed by atoms with E-state index in [2.05, 4.69) is 5.32 Å². The first-order chi connectivity index (χ1) is 18.8. The number of ether oxygens (including phenoxy) is 5. The van der Waals surface area contributed by atoms with Crippen LogP contribution in [-0.4, -0.2) is 46.3 Å². The summed E-state index contributed by atoms with van der Waals surface area (Å²) < 4.78 is 27.9. The summed E-state index contributed by atoms with van der Waals surface area (Å²) in [5.74, 6) is 1.18. The van der Waals surface area contributed by atoms with E-state index in [4.69, 9.17) is 23.7 Å². The molecule has 0 saturated heterocycles. The first-order valence-corrected chi connectivity index (χ1v) is 13.1. The fraction of sp³-hybridized carbons (Fsp3) is 0.419. The van der Waals surface area contributed by atoms with Crippen molar-refractivity contribution >= 4 is 11.8 Å². The predicted molar refractivity (Wildman–Crippen MR) is 148 cm³/mol. The highest BCUT2D eigenvalue weighted by atomic mass is 16.5. The van der Waals surface area contributed by atoms with E-state index < -0.39 is 11.9 Å². The zero-order valence-electron chi connectivity index (χ0n) is 23.7. The van der Waals surface area contributed by atoms with Gasteiger partial charge in [-0.2, -0.15) is 0 Å². The largest absolute Gasteiger partial charge is 0.497 e. The zero-order chi connectivity index (χ0) is 28.3. The van der Waals surface area contributed by atoms with E-state index in [9.17, 15) is 9.59 Å². The van der Waals surface area contributed by atoms with Crippen LogP contribution in [0.3, 0.4) is 0 Å². The Morgan fingerprint density at radius 3 is 2.28 bits per heavy atom. The number of rotatable bonds is 9. The number of carbonyl (C=O) groups is 2. The fourth-order valence-corrected chi connectivity index (χ4v) is 5.36. The van der Waals surface area contributed by atoms with Crippen molar-refractivity contribution in [3.05, 3.63) is 70.1 Å². The van der Waals surface area contributed by atoms with E-state index in [-0.39, 0.29) is 24.2 Å². The van der Waals surface area contributed by atoms with E-state index >= 15 is 0 Å². The molecular weight excluding hydrogens is 498 g/mol. The Bertz CT molecular complexity index is 1330. The molecule has 0 saturated carbocycles. The lowest BCUT2D eigenvalue weighted by atomic mass is 9.71. The summed E-state index contributed by atoms with van der Waals surface area (Å²) in [5, 5.41) is 3.40. The van der Waals surface area contributed by atoms with Gasteiger partial charge in [-0.05, 0) is 68.5 Å². The van der Waals surface area contributed by atoms with Gasteiger partial charge in [0.2, 0.25) is 0 Å². The number of nitrogens with one attached hydrogen (secondary N) is 1. The van der Waals surface area contributed by atoms with E-state index in [1.165, 1.54) is 0 Å². The molecule has 2 aliphatic rings. The highest BCUT2D eigenvalue weighted by Gasteiger charge is 2.43. The van der Waals surface area contributed by atoms with Crippen molar-refractivity contribution in [2.45, 2.75) is 58.0 Å². The number of carbonyl (C=O) groups excluding carboxylic acids is 2. The van der Waals surface area contributed by atoms with Gasteiger partial charge >= 0.3 is 5.97 Å². The average molecular weight is 536 g/mol. The number of dihydropyridines is 1. The molecule has 8 nitrogen and oxygen atoms in total. The Hall–Kier alpha value is -3.94. The van der Waals surface area contributed by atoms with E-state index in [1.807, 2.05) is 45.0 Å². The molecule has 0 unspecified atom stereocenters. The summed E-state index contributed by atoms with van der Waals surface area (Å²) in [4.78, 5) is 27.5. The van der Waals surface area contributed by atoms with Gasteiger partial charge in [0.15, 0.2) is 17.3 Å². The molecule has 8 heteroatoms. The maximum absolute atomic E-state index is 14.0. The number of ketones is 1. The minimum atomic E-state index is -0.665. The highest BCUT2D eigenvalue weighted by Crippen LogP contribution is 2.49.